The molecule has 2 heterocycles. The van der Waals surface area contributed by atoms with Crippen molar-refractivity contribution in [3.8, 4) is 0 Å². The van der Waals surface area contributed by atoms with Gasteiger partial charge in [-0.05, 0) is 36.6 Å². The summed E-state index contributed by atoms with van der Waals surface area (Å²) in [7, 11) is -3.87. The van der Waals surface area contributed by atoms with Gasteiger partial charge >= 0.3 is 6.03 Å². The highest BCUT2D eigenvalue weighted by Gasteiger charge is 2.38. The van der Waals surface area contributed by atoms with Crippen molar-refractivity contribution in [1.82, 2.24) is 14.5 Å². The summed E-state index contributed by atoms with van der Waals surface area (Å²) in [6.07, 6.45) is 2.37. The van der Waals surface area contributed by atoms with Crippen molar-refractivity contribution in [3.05, 3.63) is 23.2 Å². The molecule has 0 aliphatic carbocycles. The van der Waals surface area contributed by atoms with Crippen molar-refractivity contribution in [2.75, 3.05) is 50.2 Å². The van der Waals surface area contributed by atoms with Gasteiger partial charge in [0.05, 0.1) is 18.2 Å². The van der Waals surface area contributed by atoms with Crippen LogP contribution in [-0.4, -0.2) is 86.4 Å². The number of amides is 4. The second kappa shape index (κ2) is 10.2. The number of carbonyl (C=O) groups excluding carboxylic acids is 3. The minimum atomic E-state index is -3.87. The van der Waals surface area contributed by atoms with Crippen molar-refractivity contribution in [2.45, 2.75) is 17.4 Å². The number of urea groups is 1. The van der Waals surface area contributed by atoms with Crippen molar-refractivity contribution in [1.29, 1.82) is 0 Å². The Bertz CT molecular complexity index is 968. The molecule has 31 heavy (non-hydrogen) atoms. The monoisotopic (exact) mass is 490 g/mol. The minimum Gasteiger partial charge on any atom is -0.379 e. The second-order valence-corrected chi connectivity index (χ2v) is 10.2. The van der Waals surface area contributed by atoms with E-state index in [-0.39, 0.29) is 41.9 Å². The summed E-state index contributed by atoms with van der Waals surface area (Å²) in [5.74, 6) is -0.394. The third-order valence-corrected chi connectivity index (χ3v) is 7.85. The fourth-order valence-corrected chi connectivity index (χ4v) is 5.59. The Morgan fingerprint density at radius 2 is 2.03 bits per heavy atom. The molecule has 2 saturated heterocycles. The molecule has 2 aliphatic rings. The number of imide groups is 1. The van der Waals surface area contributed by atoms with E-state index in [9.17, 15) is 22.8 Å². The number of anilines is 1. The predicted molar refractivity (Wildman–Crippen MR) is 117 cm³/mol. The fraction of sp³-hybridized carbons (Fsp3) is 0.500. The summed E-state index contributed by atoms with van der Waals surface area (Å²) < 4.78 is 32.3. The van der Waals surface area contributed by atoms with Crippen LogP contribution < -0.4 is 10.6 Å². The summed E-state index contributed by atoms with van der Waals surface area (Å²) >= 11 is 7.66. The highest BCUT2D eigenvalue weighted by Crippen LogP contribution is 2.28. The first-order valence-corrected chi connectivity index (χ1v) is 12.7. The highest BCUT2D eigenvalue weighted by atomic mass is 35.5. The van der Waals surface area contributed by atoms with E-state index in [0.29, 0.717) is 12.2 Å². The lowest BCUT2D eigenvalue weighted by Crippen LogP contribution is -2.40. The zero-order valence-electron chi connectivity index (χ0n) is 16.8. The number of thioether (sulfide) groups is 1. The number of carbonyl (C=O) groups is 3. The first kappa shape index (κ1) is 23.8. The summed E-state index contributed by atoms with van der Waals surface area (Å²) in [5.41, 5.74) is 0.187. The molecule has 1 aromatic carbocycles. The van der Waals surface area contributed by atoms with Crippen LogP contribution >= 0.6 is 23.4 Å². The van der Waals surface area contributed by atoms with Gasteiger partial charge < -0.3 is 15.4 Å². The van der Waals surface area contributed by atoms with E-state index in [2.05, 4.69) is 10.6 Å². The molecule has 4 amide bonds. The number of ether oxygens (including phenoxy) is 1. The van der Waals surface area contributed by atoms with Crippen LogP contribution in [0.3, 0.4) is 0 Å². The number of morpholine rings is 1. The van der Waals surface area contributed by atoms with Crippen LogP contribution in [0.4, 0.5) is 10.5 Å². The van der Waals surface area contributed by atoms with Crippen LogP contribution in [0.1, 0.15) is 6.42 Å². The third kappa shape index (κ3) is 5.50. The van der Waals surface area contributed by atoms with Gasteiger partial charge in [0.15, 0.2) is 0 Å². The summed E-state index contributed by atoms with van der Waals surface area (Å²) in [5, 5.41) is 5.11. The Hall–Kier alpha value is -1.86. The Kier molecular flexibility index (Phi) is 7.81. The molecule has 0 saturated carbocycles. The van der Waals surface area contributed by atoms with Gasteiger partial charge in [-0.1, -0.05) is 11.6 Å². The van der Waals surface area contributed by atoms with Gasteiger partial charge in [0.1, 0.15) is 17.5 Å². The van der Waals surface area contributed by atoms with E-state index in [1.54, 1.807) is 11.8 Å². The van der Waals surface area contributed by atoms with Gasteiger partial charge in [-0.3, -0.25) is 14.5 Å². The molecule has 0 bridgehead atoms. The number of sulfonamides is 1. The smallest absolute Gasteiger partial charge is 0.325 e. The number of halogens is 1. The molecule has 1 atom stereocenters. The molecular formula is C18H23ClN4O6S2. The van der Waals surface area contributed by atoms with Gasteiger partial charge in [0.2, 0.25) is 15.9 Å². The Labute approximate surface area is 189 Å². The molecule has 1 aromatic rings. The topological polar surface area (TPSA) is 125 Å². The maximum absolute atomic E-state index is 12.9. The Morgan fingerprint density at radius 1 is 1.32 bits per heavy atom. The largest absolute Gasteiger partial charge is 0.379 e. The molecule has 13 heteroatoms. The van der Waals surface area contributed by atoms with Gasteiger partial charge in [-0.15, -0.1) is 0 Å². The zero-order chi connectivity index (χ0) is 22.6. The van der Waals surface area contributed by atoms with E-state index in [1.807, 2.05) is 6.26 Å². The number of hydrogen-bond donors (Lipinski definition) is 2. The lowest BCUT2D eigenvalue weighted by atomic mass is 10.2. The molecular weight excluding hydrogens is 468 g/mol. The number of benzene rings is 1. The Balaban J connectivity index is 1.69. The molecule has 0 spiro atoms. The maximum Gasteiger partial charge on any atom is 0.325 e. The first-order chi connectivity index (χ1) is 14.7. The molecule has 2 aliphatic heterocycles. The fourth-order valence-electron chi connectivity index (χ4n) is 3.21. The SMILES string of the molecule is CSCC[C@H]1NC(=O)N(CC(=O)Nc2ccc(Cl)c(S(=O)(=O)N3CCOCC3)c2)C1=O. The maximum atomic E-state index is 12.9. The molecule has 0 aromatic heterocycles. The third-order valence-electron chi connectivity index (χ3n) is 4.82. The molecule has 0 radical (unpaired) electrons. The van der Waals surface area contributed by atoms with Crippen LogP contribution in [0, 0.1) is 0 Å². The summed E-state index contributed by atoms with van der Waals surface area (Å²) in [6, 6.07) is 2.81. The standard InChI is InChI=1S/C18H23ClN4O6S2/c1-30-9-4-14-17(25)23(18(26)21-14)11-16(24)20-12-2-3-13(19)15(10-12)31(27,28)22-5-7-29-8-6-22/h2-3,10,14H,4-9,11H2,1H3,(H,20,24)(H,21,26)/t14-/m1/s1. The average Bonchev–Trinajstić information content (AvgIpc) is 3.01. The zero-order valence-corrected chi connectivity index (χ0v) is 19.2. The van der Waals surface area contributed by atoms with Crippen molar-refractivity contribution in [3.63, 3.8) is 0 Å². The quantitative estimate of drug-likeness (QED) is 0.520. The van der Waals surface area contributed by atoms with E-state index >= 15 is 0 Å². The summed E-state index contributed by atoms with van der Waals surface area (Å²) in [6.45, 7) is 0.515. The van der Waals surface area contributed by atoms with Crippen LogP contribution in [0.15, 0.2) is 23.1 Å². The van der Waals surface area contributed by atoms with Gasteiger partial charge in [0.25, 0.3) is 5.91 Å². The normalized spacial score (nSPS) is 20.1. The molecule has 170 valence electrons. The number of rotatable bonds is 8. The summed E-state index contributed by atoms with van der Waals surface area (Å²) in [4.78, 5) is 37.5. The lowest BCUT2D eigenvalue weighted by Gasteiger charge is -2.26. The van der Waals surface area contributed by atoms with Crippen LogP contribution in [0.2, 0.25) is 5.02 Å². The van der Waals surface area contributed by atoms with Gasteiger partial charge in [0, 0.05) is 18.8 Å². The number of hydrogen-bond acceptors (Lipinski definition) is 7. The van der Waals surface area contributed by atoms with Crippen LogP contribution in [-0.2, 0) is 24.3 Å². The van der Waals surface area contributed by atoms with E-state index in [4.69, 9.17) is 16.3 Å². The average molecular weight is 491 g/mol. The molecule has 0 unspecified atom stereocenters. The highest BCUT2D eigenvalue weighted by molar-refractivity contribution is 7.98. The van der Waals surface area contributed by atoms with Gasteiger partial charge in [-0.2, -0.15) is 16.1 Å². The predicted octanol–water partition coefficient (Wildman–Crippen LogP) is 0.973. The van der Waals surface area contributed by atoms with E-state index in [0.717, 1.165) is 4.90 Å². The van der Waals surface area contributed by atoms with Crippen molar-refractivity contribution >= 4 is 56.9 Å². The van der Waals surface area contributed by atoms with Gasteiger partial charge in [-0.25, -0.2) is 13.2 Å². The van der Waals surface area contributed by atoms with Crippen LogP contribution in [0.5, 0.6) is 0 Å². The van der Waals surface area contributed by atoms with E-state index in [1.165, 1.54) is 22.5 Å². The van der Waals surface area contributed by atoms with Crippen molar-refractivity contribution in [2.24, 2.45) is 0 Å². The first-order valence-electron chi connectivity index (χ1n) is 9.52. The second-order valence-electron chi connectivity index (χ2n) is 6.92. The molecule has 10 nitrogen and oxygen atoms in total. The molecule has 2 N–H and O–H groups in total. The van der Waals surface area contributed by atoms with E-state index < -0.39 is 40.5 Å². The molecule has 2 fully saturated rings. The molecule has 3 rings (SSSR count). The number of nitrogens with one attached hydrogen (secondary N) is 2. The minimum absolute atomic E-state index is 0.0234. The number of nitrogens with zero attached hydrogens (tertiary/aromatic N) is 2. The van der Waals surface area contributed by atoms with Crippen LogP contribution in [0.25, 0.3) is 0 Å². The van der Waals surface area contributed by atoms with Crippen molar-refractivity contribution < 1.29 is 27.5 Å². The lowest BCUT2D eigenvalue weighted by molar-refractivity contribution is -0.130. The Morgan fingerprint density at radius 3 is 2.71 bits per heavy atom.